The second-order valence-electron chi connectivity index (χ2n) is 6.74. The number of amides is 2. The summed E-state index contributed by atoms with van der Waals surface area (Å²) in [5.74, 6) is -1.13. The molecule has 1 aliphatic carbocycles. The number of hydrogen-bond donors (Lipinski definition) is 3. The van der Waals surface area contributed by atoms with Gasteiger partial charge >= 0.3 is 5.97 Å². The van der Waals surface area contributed by atoms with Crippen molar-refractivity contribution >= 4 is 23.5 Å². The number of aromatic carboxylic acids is 1. The van der Waals surface area contributed by atoms with Crippen LogP contribution >= 0.6 is 0 Å². The van der Waals surface area contributed by atoms with Gasteiger partial charge in [0.2, 0.25) is 5.91 Å². The largest absolute Gasteiger partial charge is 0.478 e. The molecule has 0 heterocycles. The van der Waals surface area contributed by atoms with Crippen molar-refractivity contribution in [3.63, 3.8) is 0 Å². The number of rotatable bonds is 6. The minimum absolute atomic E-state index is 0.104. The molecule has 0 spiro atoms. The highest BCUT2D eigenvalue weighted by atomic mass is 16.4. The van der Waals surface area contributed by atoms with Gasteiger partial charge in [0.1, 0.15) is 0 Å². The second-order valence-corrected chi connectivity index (χ2v) is 6.74. The smallest absolute Gasteiger partial charge is 0.335 e. The lowest BCUT2D eigenvalue weighted by Crippen LogP contribution is -2.28. The molecular weight excluding hydrogens is 344 g/mol. The fraction of sp³-hybridized carbons (Fsp3) is 0.286. The molecule has 1 saturated carbocycles. The average molecular weight is 366 g/mol. The third-order valence-corrected chi connectivity index (χ3v) is 4.78. The summed E-state index contributed by atoms with van der Waals surface area (Å²) in [4.78, 5) is 35.4. The first kappa shape index (κ1) is 18.6. The molecule has 0 bridgehead atoms. The summed E-state index contributed by atoms with van der Waals surface area (Å²) >= 11 is 0. The van der Waals surface area contributed by atoms with Crippen molar-refractivity contribution in [2.45, 2.75) is 32.2 Å². The van der Waals surface area contributed by atoms with Crippen LogP contribution in [0.15, 0.2) is 48.5 Å². The van der Waals surface area contributed by atoms with Crippen LogP contribution in [0.2, 0.25) is 0 Å². The Bertz CT molecular complexity index is 840. The van der Waals surface area contributed by atoms with Crippen LogP contribution in [-0.4, -0.2) is 22.9 Å². The van der Waals surface area contributed by atoms with Gasteiger partial charge in [-0.1, -0.05) is 31.0 Å². The van der Waals surface area contributed by atoms with E-state index in [-0.39, 0.29) is 23.3 Å². The molecule has 2 aromatic carbocycles. The summed E-state index contributed by atoms with van der Waals surface area (Å²) in [6.07, 6.45) is 4.18. The topological polar surface area (TPSA) is 95.5 Å². The van der Waals surface area contributed by atoms with Crippen molar-refractivity contribution in [2.24, 2.45) is 5.92 Å². The first-order valence-electron chi connectivity index (χ1n) is 9.04. The van der Waals surface area contributed by atoms with Gasteiger partial charge in [-0.05, 0) is 48.7 Å². The van der Waals surface area contributed by atoms with E-state index in [1.165, 1.54) is 12.1 Å². The lowest BCUT2D eigenvalue weighted by molar-refractivity contribution is -0.124. The Balaban J connectivity index is 1.56. The maximum atomic E-state index is 12.3. The Morgan fingerprint density at radius 1 is 0.963 bits per heavy atom. The molecular formula is C21H22N2O4. The van der Waals surface area contributed by atoms with Crippen LogP contribution in [0.1, 0.15) is 52.0 Å². The summed E-state index contributed by atoms with van der Waals surface area (Å²) in [6.45, 7) is 0.442. The van der Waals surface area contributed by atoms with Crippen molar-refractivity contribution in [1.29, 1.82) is 0 Å². The van der Waals surface area contributed by atoms with E-state index >= 15 is 0 Å². The lowest BCUT2D eigenvalue weighted by Gasteiger charge is -2.11. The van der Waals surface area contributed by atoms with E-state index in [9.17, 15) is 14.4 Å². The zero-order valence-electron chi connectivity index (χ0n) is 14.9. The van der Waals surface area contributed by atoms with Crippen molar-refractivity contribution < 1.29 is 19.5 Å². The van der Waals surface area contributed by atoms with Gasteiger partial charge < -0.3 is 15.7 Å². The minimum Gasteiger partial charge on any atom is -0.478 e. The molecule has 0 aliphatic heterocycles. The third-order valence-electron chi connectivity index (χ3n) is 4.78. The Kier molecular flexibility index (Phi) is 5.86. The third kappa shape index (κ3) is 4.94. The molecule has 140 valence electrons. The van der Waals surface area contributed by atoms with Crippen LogP contribution in [-0.2, 0) is 11.3 Å². The van der Waals surface area contributed by atoms with Crippen LogP contribution in [0.25, 0.3) is 0 Å². The number of carbonyl (C=O) groups excluding carboxylic acids is 2. The second kappa shape index (κ2) is 8.49. The van der Waals surface area contributed by atoms with Crippen molar-refractivity contribution in [3.8, 4) is 0 Å². The van der Waals surface area contributed by atoms with Gasteiger partial charge in [0.05, 0.1) is 5.56 Å². The predicted molar refractivity (Wildman–Crippen MR) is 102 cm³/mol. The number of hydrogen-bond acceptors (Lipinski definition) is 3. The first-order chi connectivity index (χ1) is 13.0. The Morgan fingerprint density at radius 2 is 1.67 bits per heavy atom. The number of benzene rings is 2. The summed E-state index contributed by atoms with van der Waals surface area (Å²) in [7, 11) is 0. The van der Waals surface area contributed by atoms with E-state index in [1.807, 2.05) is 0 Å². The molecule has 6 nitrogen and oxygen atoms in total. The summed E-state index contributed by atoms with van der Waals surface area (Å²) in [5, 5.41) is 14.6. The fourth-order valence-electron chi connectivity index (χ4n) is 3.23. The van der Waals surface area contributed by atoms with Crippen molar-refractivity contribution in [1.82, 2.24) is 5.32 Å². The summed E-state index contributed by atoms with van der Waals surface area (Å²) in [5.41, 5.74) is 1.92. The number of anilines is 1. The number of carbonyl (C=O) groups is 3. The van der Waals surface area contributed by atoms with E-state index < -0.39 is 5.97 Å². The van der Waals surface area contributed by atoms with Gasteiger partial charge in [-0.3, -0.25) is 9.59 Å². The van der Waals surface area contributed by atoms with Crippen LogP contribution < -0.4 is 10.6 Å². The highest BCUT2D eigenvalue weighted by Gasteiger charge is 2.22. The number of nitrogens with one attached hydrogen (secondary N) is 2. The highest BCUT2D eigenvalue weighted by molar-refractivity contribution is 6.04. The Morgan fingerprint density at radius 3 is 2.33 bits per heavy atom. The van der Waals surface area contributed by atoms with Gasteiger partial charge in [0.15, 0.2) is 0 Å². The molecule has 0 atom stereocenters. The normalized spacial score (nSPS) is 13.9. The molecule has 0 radical (unpaired) electrons. The van der Waals surface area contributed by atoms with E-state index in [1.54, 1.807) is 36.4 Å². The van der Waals surface area contributed by atoms with Gasteiger partial charge in [-0.25, -0.2) is 4.79 Å². The van der Waals surface area contributed by atoms with Crippen LogP contribution in [0.4, 0.5) is 5.69 Å². The van der Waals surface area contributed by atoms with E-state index in [4.69, 9.17) is 5.11 Å². The molecule has 1 fully saturated rings. The molecule has 2 amide bonds. The van der Waals surface area contributed by atoms with E-state index in [0.29, 0.717) is 17.8 Å². The molecule has 6 heteroatoms. The molecule has 2 aromatic rings. The lowest BCUT2D eigenvalue weighted by atomic mass is 10.1. The van der Waals surface area contributed by atoms with Crippen LogP contribution in [0.3, 0.4) is 0 Å². The van der Waals surface area contributed by atoms with E-state index in [0.717, 1.165) is 31.2 Å². The standard InChI is InChI=1S/C21H22N2O4/c24-19(15-4-1-2-5-15)22-13-14-8-10-16(11-9-14)20(25)23-18-7-3-6-17(12-18)21(26)27/h3,6-12,15H,1-2,4-5,13H2,(H,22,24)(H,23,25)(H,26,27). The molecule has 0 unspecified atom stereocenters. The average Bonchev–Trinajstić information content (AvgIpc) is 3.21. The van der Waals surface area contributed by atoms with Crippen molar-refractivity contribution in [2.75, 3.05) is 5.32 Å². The van der Waals surface area contributed by atoms with Gasteiger partial charge in [0.25, 0.3) is 5.91 Å². The zero-order chi connectivity index (χ0) is 19.2. The van der Waals surface area contributed by atoms with Crippen LogP contribution in [0, 0.1) is 5.92 Å². The van der Waals surface area contributed by atoms with Crippen molar-refractivity contribution in [3.05, 3.63) is 65.2 Å². The molecule has 3 N–H and O–H groups in total. The monoisotopic (exact) mass is 366 g/mol. The number of carboxylic acid groups (broad SMARTS) is 1. The quantitative estimate of drug-likeness (QED) is 0.730. The number of carboxylic acids is 1. The Labute approximate surface area is 157 Å². The zero-order valence-corrected chi connectivity index (χ0v) is 14.9. The van der Waals surface area contributed by atoms with Crippen LogP contribution in [0.5, 0.6) is 0 Å². The first-order valence-corrected chi connectivity index (χ1v) is 9.04. The SMILES string of the molecule is O=C(O)c1cccc(NC(=O)c2ccc(CNC(=O)C3CCCC3)cc2)c1. The molecule has 0 aromatic heterocycles. The molecule has 0 saturated heterocycles. The van der Waals surface area contributed by atoms with E-state index in [2.05, 4.69) is 10.6 Å². The maximum Gasteiger partial charge on any atom is 0.335 e. The minimum atomic E-state index is -1.05. The fourth-order valence-corrected chi connectivity index (χ4v) is 3.23. The summed E-state index contributed by atoms with van der Waals surface area (Å²) < 4.78 is 0. The maximum absolute atomic E-state index is 12.3. The molecule has 1 aliphatic rings. The molecule has 3 rings (SSSR count). The van der Waals surface area contributed by atoms with Gasteiger partial charge in [-0.15, -0.1) is 0 Å². The Hall–Kier alpha value is -3.15. The predicted octanol–water partition coefficient (Wildman–Crippen LogP) is 3.44. The highest BCUT2D eigenvalue weighted by Crippen LogP contribution is 2.24. The molecule has 27 heavy (non-hydrogen) atoms. The van der Waals surface area contributed by atoms with Gasteiger partial charge in [-0.2, -0.15) is 0 Å². The summed E-state index contributed by atoms with van der Waals surface area (Å²) in [6, 6.07) is 13.1. The van der Waals surface area contributed by atoms with Gasteiger partial charge in [0, 0.05) is 23.7 Å².